The van der Waals surface area contributed by atoms with Crippen molar-refractivity contribution in [3.8, 4) is 0 Å². The number of benzene rings is 1. The summed E-state index contributed by atoms with van der Waals surface area (Å²) in [7, 11) is 0. The molecule has 2 N–H and O–H groups in total. The molecule has 1 amide bonds. The zero-order valence-electron chi connectivity index (χ0n) is 14.0. The van der Waals surface area contributed by atoms with Gasteiger partial charge in [0, 0.05) is 24.2 Å². The Bertz CT molecular complexity index is 743. The highest BCUT2D eigenvalue weighted by Gasteiger charge is 2.25. The third-order valence-corrected chi connectivity index (χ3v) is 4.57. The molecule has 1 aliphatic carbocycles. The van der Waals surface area contributed by atoms with Crippen molar-refractivity contribution in [1.82, 2.24) is 5.32 Å². The molecular formula is C20H22N2O3. The predicted molar refractivity (Wildman–Crippen MR) is 97.8 cm³/mol. The van der Waals surface area contributed by atoms with Crippen LogP contribution in [-0.2, 0) is 9.59 Å². The first-order valence-electron chi connectivity index (χ1n) is 8.60. The molecule has 5 heteroatoms. The van der Waals surface area contributed by atoms with Gasteiger partial charge in [0.15, 0.2) is 0 Å². The number of carboxylic acid groups (broad SMARTS) is 1. The molecule has 2 aliphatic rings. The zero-order chi connectivity index (χ0) is 17.6. The molecule has 1 aliphatic heterocycles. The van der Waals surface area contributed by atoms with Gasteiger partial charge in [-0.05, 0) is 30.5 Å². The number of aliphatic carboxylic acids is 1. The number of allylic oxidation sites excluding steroid dienone is 2. The average molecular weight is 338 g/mol. The van der Waals surface area contributed by atoms with E-state index >= 15 is 0 Å². The van der Waals surface area contributed by atoms with Gasteiger partial charge in [0.2, 0.25) is 5.91 Å². The van der Waals surface area contributed by atoms with Crippen LogP contribution in [0.5, 0.6) is 0 Å². The van der Waals surface area contributed by atoms with Gasteiger partial charge in [-0.25, -0.2) is 4.79 Å². The van der Waals surface area contributed by atoms with Crippen LogP contribution in [0.1, 0.15) is 31.2 Å². The van der Waals surface area contributed by atoms with Gasteiger partial charge in [0.1, 0.15) is 5.82 Å². The summed E-state index contributed by atoms with van der Waals surface area (Å²) in [5.41, 5.74) is 1.96. The Balaban J connectivity index is 1.85. The molecule has 25 heavy (non-hydrogen) atoms. The summed E-state index contributed by atoms with van der Waals surface area (Å²) in [4.78, 5) is 25.3. The monoisotopic (exact) mass is 338 g/mol. The van der Waals surface area contributed by atoms with Crippen LogP contribution in [0.2, 0.25) is 0 Å². The Labute approximate surface area is 147 Å². The molecule has 1 saturated carbocycles. The molecule has 1 aromatic carbocycles. The highest BCUT2D eigenvalue weighted by molar-refractivity contribution is 5.83. The van der Waals surface area contributed by atoms with Crippen molar-refractivity contribution in [3.63, 3.8) is 0 Å². The Hall–Kier alpha value is -2.82. The molecule has 1 fully saturated rings. The van der Waals surface area contributed by atoms with E-state index in [2.05, 4.69) is 5.32 Å². The molecule has 1 heterocycles. The number of carbonyl (C=O) groups excluding carboxylic acids is 1. The van der Waals surface area contributed by atoms with Crippen LogP contribution in [0.15, 0.2) is 54.4 Å². The molecule has 0 saturated heterocycles. The van der Waals surface area contributed by atoms with Gasteiger partial charge in [0.05, 0.1) is 0 Å². The fourth-order valence-corrected chi connectivity index (χ4v) is 3.32. The number of para-hydroxylation sites is 1. The van der Waals surface area contributed by atoms with Gasteiger partial charge in [0.25, 0.3) is 0 Å². The van der Waals surface area contributed by atoms with Crippen LogP contribution in [0, 0.1) is 5.92 Å². The van der Waals surface area contributed by atoms with Crippen molar-refractivity contribution < 1.29 is 14.7 Å². The Morgan fingerprint density at radius 2 is 2.00 bits per heavy atom. The molecule has 1 aromatic rings. The van der Waals surface area contributed by atoms with Crippen LogP contribution < -0.4 is 10.2 Å². The van der Waals surface area contributed by atoms with Gasteiger partial charge in [-0.2, -0.15) is 0 Å². The third kappa shape index (κ3) is 4.18. The molecule has 3 rings (SSSR count). The Morgan fingerprint density at radius 3 is 2.76 bits per heavy atom. The molecule has 0 spiro atoms. The Morgan fingerprint density at radius 1 is 1.24 bits per heavy atom. The smallest absolute Gasteiger partial charge is 0.328 e. The van der Waals surface area contributed by atoms with E-state index in [1.807, 2.05) is 47.4 Å². The van der Waals surface area contributed by atoms with Crippen molar-refractivity contribution in [2.45, 2.75) is 25.7 Å². The zero-order valence-corrected chi connectivity index (χ0v) is 14.0. The summed E-state index contributed by atoms with van der Waals surface area (Å²) in [5, 5.41) is 11.9. The number of nitrogens with one attached hydrogen (secondary N) is 1. The maximum atomic E-state index is 12.6. The fourth-order valence-electron chi connectivity index (χ4n) is 3.32. The maximum Gasteiger partial charge on any atom is 0.328 e. The summed E-state index contributed by atoms with van der Waals surface area (Å²) >= 11 is 0. The first-order valence-corrected chi connectivity index (χ1v) is 8.60. The van der Waals surface area contributed by atoms with E-state index in [0.29, 0.717) is 12.4 Å². The van der Waals surface area contributed by atoms with Crippen LogP contribution >= 0.6 is 0 Å². The van der Waals surface area contributed by atoms with Gasteiger partial charge in [-0.1, -0.05) is 49.3 Å². The van der Waals surface area contributed by atoms with E-state index in [1.54, 1.807) is 6.08 Å². The lowest BCUT2D eigenvalue weighted by Crippen LogP contribution is -2.38. The first-order chi connectivity index (χ1) is 12.1. The van der Waals surface area contributed by atoms with Crippen LogP contribution in [0.3, 0.4) is 0 Å². The molecule has 0 aromatic heterocycles. The summed E-state index contributed by atoms with van der Waals surface area (Å²) < 4.78 is 0. The van der Waals surface area contributed by atoms with Crippen LogP contribution in [0.25, 0.3) is 6.08 Å². The van der Waals surface area contributed by atoms with Crippen molar-refractivity contribution >= 4 is 23.6 Å². The lowest BCUT2D eigenvalue weighted by molar-refractivity contribution is -0.131. The van der Waals surface area contributed by atoms with E-state index < -0.39 is 5.97 Å². The largest absolute Gasteiger partial charge is 0.478 e. The van der Waals surface area contributed by atoms with Crippen molar-refractivity contribution in [3.05, 3.63) is 60.0 Å². The number of hydrogen-bond acceptors (Lipinski definition) is 3. The summed E-state index contributed by atoms with van der Waals surface area (Å²) in [5.74, 6) is -0.196. The number of fused-ring (bicyclic) bond motifs is 1. The predicted octanol–water partition coefficient (Wildman–Crippen LogP) is 3.31. The van der Waals surface area contributed by atoms with Crippen molar-refractivity contribution in [1.29, 1.82) is 0 Å². The minimum absolute atomic E-state index is 0.0451. The van der Waals surface area contributed by atoms with Crippen LogP contribution in [-0.4, -0.2) is 23.5 Å². The lowest BCUT2D eigenvalue weighted by Gasteiger charge is -2.28. The number of carbonyl (C=O) groups is 2. The van der Waals surface area contributed by atoms with Gasteiger partial charge in [-0.3, -0.25) is 4.79 Å². The molecule has 5 nitrogen and oxygen atoms in total. The average Bonchev–Trinajstić information content (AvgIpc) is 3.08. The quantitative estimate of drug-likeness (QED) is 0.808. The van der Waals surface area contributed by atoms with Crippen LogP contribution in [0.4, 0.5) is 5.69 Å². The molecule has 0 radical (unpaired) electrons. The molecule has 0 unspecified atom stereocenters. The normalized spacial score (nSPS) is 17.3. The number of carboxylic acids is 1. The highest BCUT2D eigenvalue weighted by atomic mass is 16.4. The standard InChI is InChI=1S/C20H22N2O3/c23-19(24)13-6-14-22-17-11-4-3-7-15(17)10-5-12-18(22)21-20(25)16-8-1-2-9-16/h3-7,10-13,16H,1-2,8-9,14H2,(H,21,25)(H,23,24). The SMILES string of the molecule is O=C(O)C=CCN1C(NC(=O)C2CCCC2)=CC=Cc2ccccc21. The number of rotatable bonds is 5. The third-order valence-electron chi connectivity index (χ3n) is 4.57. The highest BCUT2D eigenvalue weighted by Crippen LogP contribution is 2.29. The molecule has 0 atom stereocenters. The molecule has 0 bridgehead atoms. The van der Waals surface area contributed by atoms with Gasteiger partial charge in [-0.15, -0.1) is 0 Å². The van der Waals surface area contributed by atoms with Gasteiger partial charge >= 0.3 is 5.97 Å². The van der Waals surface area contributed by atoms with E-state index in [0.717, 1.165) is 43.0 Å². The van der Waals surface area contributed by atoms with Crippen molar-refractivity contribution in [2.24, 2.45) is 5.92 Å². The number of hydrogen-bond donors (Lipinski definition) is 2. The van der Waals surface area contributed by atoms with E-state index in [9.17, 15) is 9.59 Å². The number of nitrogens with zero attached hydrogens (tertiary/aromatic N) is 1. The van der Waals surface area contributed by atoms with Gasteiger partial charge < -0.3 is 15.3 Å². The van der Waals surface area contributed by atoms with E-state index in [-0.39, 0.29) is 11.8 Å². The van der Waals surface area contributed by atoms with E-state index in [4.69, 9.17) is 5.11 Å². The fraction of sp³-hybridized carbons (Fsp3) is 0.300. The Kier molecular flexibility index (Phi) is 5.33. The number of anilines is 1. The van der Waals surface area contributed by atoms with E-state index in [1.165, 1.54) is 0 Å². The first kappa shape index (κ1) is 17.0. The summed E-state index contributed by atoms with van der Waals surface area (Å²) in [6, 6.07) is 7.85. The molecule has 130 valence electrons. The maximum absolute atomic E-state index is 12.6. The second-order valence-electron chi connectivity index (χ2n) is 6.29. The van der Waals surface area contributed by atoms with Crippen molar-refractivity contribution in [2.75, 3.05) is 11.4 Å². The second-order valence-corrected chi connectivity index (χ2v) is 6.29. The minimum atomic E-state index is -0.984. The second kappa shape index (κ2) is 7.83. The summed E-state index contributed by atoms with van der Waals surface area (Å²) in [6.45, 7) is 0.363. The minimum Gasteiger partial charge on any atom is -0.478 e. The topological polar surface area (TPSA) is 69.6 Å². The lowest BCUT2D eigenvalue weighted by atomic mass is 10.1. The number of amides is 1. The summed E-state index contributed by atoms with van der Waals surface area (Å²) in [6.07, 6.45) is 12.5. The molecular weight excluding hydrogens is 316 g/mol.